The lowest BCUT2D eigenvalue weighted by atomic mass is 10.2. The van der Waals surface area contributed by atoms with E-state index in [9.17, 15) is 9.18 Å². The molecule has 2 heterocycles. The van der Waals surface area contributed by atoms with Gasteiger partial charge in [-0.3, -0.25) is 9.78 Å². The van der Waals surface area contributed by atoms with E-state index in [1.54, 1.807) is 42.7 Å². The second kappa shape index (κ2) is 7.98. The van der Waals surface area contributed by atoms with Gasteiger partial charge in [0.05, 0.1) is 11.3 Å². The molecule has 4 rings (SSSR count). The second-order valence-electron chi connectivity index (χ2n) is 5.91. The van der Waals surface area contributed by atoms with E-state index in [2.05, 4.69) is 20.6 Å². The van der Waals surface area contributed by atoms with Crippen molar-refractivity contribution in [1.82, 2.24) is 9.97 Å². The normalized spacial score (nSPS) is 10.5. The van der Waals surface area contributed by atoms with E-state index < -0.39 is 11.7 Å². The highest BCUT2D eigenvalue weighted by molar-refractivity contribution is 7.14. The molecular formula is C21H15FN4OS. The monoisotopic (exact) mass is 390 g/mol. The van der Waals surface area contributed by atoms with Crippen LogP contribution in [0.2, 0.25) is 0 Å². The molecule has 0 atom stereocenters. The number of aromatic nitrogens is 2. The van der Waals surface area contributed by atoms with Crippen molar-refractivity contribution >= 4 is 33.8 Å². The third kappa shape index (κ3) is 4.05. The number of carbonyl (C=O) groups excluding carboxylic acids is 1. The summed E-state index contributed by atoms with van der Waals surface area (Å²) in [6.45, 7) is 0. The molecule has 0 saturated heterocycles. The largest absolute Gasteiger partial charge is 0.331 e. The van der Waals surface area contributed by atoms with Crippen LogP contribution < -0.4 is 10.6 Å². The predicted octanol–water partition coefficient (Wildman–Crippen LogP) is 5.34. The summed E-state index contributed by atoms with van der Waals surface area (Å²) in [5, 5.41) is 8.62. The Hall–Kier alpha value is -3.58. The van der Waals surface area contributed by atoms with Crippen molar-refractivity contribution in [2.24, 2.45) is 0 Å². The van der Waals surface area contributed by atoms with Crippen molar-refractivity contribution in [3.63, 3.8) is 0 Å². The van der Waals surface area contributed by atoms with Gasteiger partial charge < -0.3 is 10.6 Å². The summed E-state index contributed by atoms with van der Waals surface area (Å²) in [4.78, 5) is 20.9. The summed E-state index contributed by atoms with van der Waals surface area (Å²) in [6.07, 6.45) is 3.45. The molecule has 0 aliphatic heterocycles. The average Bonchev–Trinajstić information content (AvgIpc) is 3.18. The second-order valence-corrected chi connectivity index (χ2v) is 6.77. The van der Waals surface area contributed by atoms with Crippen molar-refractivity contribution in [2.75, 3.05) is 10.6 Å². The minimum Gasteiger partial charge on any atom is -0.331 e. The maximum Gasteiger partial charge on any atom is 0.258 e. The van der Waals surface area contributed by atoms with E-state index in [0.29, 0.717) is 5.69 Å². The lowest BCUT2D eigenvalue weighted by molar-refractivity contribution is 0.102. The van der Waals surface area contributed by atoms with Crippen LogP contribution >= 0.6 is 11.3 Å². The molecule has 2 N–H and O–H groups in total. The van der Waals surface area contributed by atoms with E-state index in [1.807, 2.05) is 23.6 Å². The topological polar surface area (TPSA) is 66.9 Å². The summed E-state index contributed by atoms with van der Waals surface area (Å²) in [6, 6.07) is 16.9. The maximum atomic E-state index is 13.8. The molecule has 5 nitrogen and oxygen atoms in total. The number of carbonyl (C=O) groups is 1. The molecule has 0 aliphatic rings. The van der Waals surface area contributed by atoms with E-state index >= 15 is 0 Å². The van der Waals surface area contributed by atoms with Crippen LogP contribution in [0.15, 0.2) is 78.4 Å². The van der Waals surface area contributed by atoms with E-state index in [1.165, 1.54) is 23.5 Å². The van der Waals surface area contributed by atoms with Gasteiger partial charge in [0.25, 0.3) is 5.91 Å². The van der Waals surface area contributed by atoms with Crippen LogP contribution in [0.5, 0.6) is 0 Å². The fraction of sp³-hybridized carbons (Fsp3) is 0. The molecule has 28 heavy (non-hydrogen) atoms. The Kier molecular flexibility index (Phi) is 5.07. The number of halogens is 1. The zero-order valence-electron chi connectivity index (χ0n) is 14.6. The van der Waals surface area contributed by atoms with Gasteiger partial charge >= 0.3 is 0 Å². The van der Waals surface area contributed by atoms with Gasteiger partial charge in [-0.05, 0) is 42.5 Å². The van der Waals surface area contributed by atoms with Gasteiger partial charge in [0, 0.05) is 34.7 Å². The lowest BCUT2D eigenvalue weighted by Gasteiger charge is -2.08. The fourth-order valence-corrected chi connectivity index (χ4v) is 3.37. The number of nitrogens with zero attached hydrogens (tertiary/aromatic N) is 2. The molecule has 0 fully saturated rings. The molecule has 0 bridgehead atoms. The Balaban J connectivity index is 1.48. The zero-order chi connectivity index (χ0) is 19.3. The number of benzene rings is 2. The molecule has 2 aromatic carbocycles. The Bertz CT molecular complexity index is 1110. The summed E-state index contributed by atoms with van der Waals surface area (Å²) in [5.74, 6) is -1.05. The van der Waals surface area contributed by atoms with Gasteiger partial charge in [-0.25, -0.2) is 9.37 Å². The van der Waals surface area contributed by atoms with Crippen LogP contribution in [0.3, 0.4) is 0 Å². The number of pyridine rings is 1. The first-order valence-corrected chi connectivity index (χ1v) is 9.36. The Morgan fingerprint density at radius 1 is 0.964 bits per heavy atom. The van der Waals surface area contributed by atoms with Crippen LogP contribution in [-0.2, 0) is 0 Å². The molecule has 0 saturated carbocycles. The van der Waals surface area contributed by atoms with Crippen molar-refractivity contribution < 1.29 is 9.18 Å². The predicted molar refractivity (Wildman–Crippen MR) is 109 cm³/mol. The third-order valence-electron chi connectivity index (χ3n) is 3.97. The number of thiazole rings is 1. The molecule has 0 aliphatic carbocycles. The fourth-order valence-electron chi connectivity index (χ4n) is 2.63. The van der Waals surface area contributed by atoms with Crippen LogP contribution in [0, 0.1) is 5.82 Å². The zero-order valence-corrected chi connectivity index (χ0v) is 15.4. The minimum absolute atomic E-state index is 0.00257. The molecule has 138 valence electrons. The highest BCUT2D eigenvalue weighted by Gasteiger charge is 2.11. The highest BCUT2D eigenvalue weighted by atomic mass is 32.1. The summed E-state index contributed by atoms with van der Waals surface area (Å²) < 4.78 is 13.8. The summed E-state index contributed by atoms with van der Waals surface area (Å²) >= 11 is 1.48. The van der Waals surface area contributed by atoms with Crippen LogP contribution in [-0.4, -0.2) is 15.9 Å². The number of rotatable bonds is 5. The lowest BCUT2D eigenvalue weighted by Crippen LogP contribution is -2.13. The van der Waals surface area contributed by atoms with Crippen molar-refractivity contribution in [1.29, 1.82) is 0 Å². The van der Waals surface area contributed by atoms with Crippen LogP contribution in [0.4, 0.5) is 20.9 Å². The van der Waals surface area contributed by atoms with Gasteiger partial charge in [-0.15, -0.1) is 11.3 Å². The number of hydrogen-bond acceptors (Lipinski definition) is 5. The number of amides is 1. The molecule has 0 radical (unpaired) electrons. The number of nitrogens with one attached hydrogen (secondary N) is 2. The van der Waals surface area contributed by atoms with Gasteiger partial charge in [0.1, 0.15) is 5.82 Å². The van der Waals surface area contributed by atoms with Crippen LogP contribution in [0.25, 0.3) is 11.3 Å². The summed E-state index contributed by atoms with van der Waals surface area (Å²) in [5.41, 5.74) is 3.18. The third-order valence-corrected chi connectivity index (χ3v) is 4.73. The quantitative estimate of drug-likeness (QED) is 0.483. The van der Waals surface area contributed by atoms with Crippen molar-refractivity contribution in [2.45, 2.75) is 0 Å². The smallest absolute Gasteiger partial charge is 0.258 e. The molecular weight excluding hydrogens is 375 g/mol. The van der Waals surface area contributed by atoms with Gasteiger partial charge in [-0.2, -0.15) is 0 Å². The Labute approximate surface area is 164 Å². The maximum absolute atomic E-state index is 13.8. The van der Waals surface area contributed by atoms with Gasteiger partial charge in [0.15, 0.2) is 5.13 Å². The Morgan fingerprint density at radius 2 is 1.75 bits per heavy atom. The first-order chi connectivity index (χ1) is 13.7. The van der Waals surface area contributed by atoms with Gasteiger partial charge in [-0.1, -0.05) is 18.2 Å². The van der Waals surface area contributed by atoms with E-state index in [4.69, 9.17) is 0 Å². The molecule has 2 aromatic heterocycles. The van der Waals surface area contributed by atoms with Crippen molar-refractivity contribution in [3.05, 3.63) is 89.8 Å². The minimum atomic E-state index is -0.555. The van der Waals surface area contributed by atoms with E-state index in [0.717, 1.165) is 22.1 Å². The average molecular weight is 390 g/mol. The van der Waals surface area contributed by atoms with Crippen LogP contribution in [0.1, 0.15) is 10.4 Å². The molecule has 1 amide bonds. The molecule has 4 aromatic rings. The highest BCUT2D eigenvalue weighted by Crippen LogP contribution is 2.27. The molecule has 0 spiro atoms. The van der Waals surface area contributed by atoms with E-state index in [-0.39, 0.29) is 5.56 Å². The summed E-state index contributed by atoms with van der Waals surface area (Å²) in [7, 11) is 0. The molecule has 7 heteroatoms. The van der Waals surface area contributed by atoms with Gasteiger partial charge in [0.2, 0.25) is 0 Å². The Morgan fingerprint density at radius 3 is 2.57 bits per heavy atom. The number of anilines is 3. The first kappa shape index (κ1) is 17.8. The molecule has 0 unspecified atom stereocenters. The first-order valence-electron chi connectivity index (χ1n) is 8.48. The standard InChI is InChI=1S/C21H15FN4OS/c22-18-7-2-1-6-17(18)20(27)24-15-4-3-5-16(12-15)25-21-26-19(13-28-21)14-8-10-23-11-9-14/h1-13H,(H,24,27)(H,25,26). The SMILES string of the molecule is O=C(Nc1cccc(Nc2nc(-c3ccncc3)cs2)c1)c1ccccc1F. The van der Waals surface area contributed by atoms with Crippen molar-refractivity contribution in [3.8, 4) is 11.3 Å². The number of hydrogen-bond donors (Lipinski definition) is 2.